The molecule has 1 fully saturated rings. The van der Waals surface area contributed by atoms with Crippen LogP contribution in [-0.2, 0) is 13.1 Å². The second-order valence-electron chi connectivity index (χ2n) is 7.19. The van der Waals surface area contributed by atoms with E-state index in [0.717, 1.165) is 52.4 Å². The molecule has 2 aromatic rings. The fraction of sp³-hybridized carbons (Fsp3) is 0.333. The summed E-state index contributed by atoms with van der Waals surface area (Å²) in [5, 5.41) is 3.59. The molecule has 0 amide bonds. The second-order valence-corrected chi connectivity index (χ2v) is 7.19. The molecular formula is C24H31N3. The smallest absolute Gasteiger partial charge is 0.0234 e. The van der Waals surface area contributed by atoms with E-state index in [1.807, 2.05) is 12.2 Å². The summed E-state index contributed by atoms with van der Waals surface area (Å²) in [6.45, 7) is 16.1. The van der Waals surface area contributed by atoms with Crippen molar-refractivity contribution in [2.24, 2.45) is 0 Å². The van der Waals surface area contributed by atoms with Gasteiger partial charge < -0.3 is 5.32 Å². The molecular weight excluding hydrogens is 330 g/mol. The van der Waals surface area contributed by atoms with E-state index in [1.165, 1.54) is 22.3 Å². The molecule has 142 valence electrons. The third kappa shape index (κ3) is 6.17. The van der Waals surface area contributed by atoms with E-state index in [0.29, 0.717) is 0 Å². The lowest BCUT2D eigenvalue weighted by Gasteiger charge is -2.26. The van der Waals surface area contributed by atoms with E-state index in [4.69, 9.17) is 0 Å². The summed E-state index contributed by atoms with van der Waals surface area (Å²) in [5.41, 5.74) is 5.09. The molecule has 0 bridgehead atoms. The van der Waals surface area contributed by atoms with Gasteiger partial charge in [0.05, 0.1) is 0 Å². The number of nitrogens with zero attached hydrogens (tertiary/aromatic N) is 2. The molecule has 0 atom stereocenters. The average Bonchev–Trinajstić information content (AvgIpc) is 2.82. The third-order valence-corrected chi connectivity index (χ3v) is 5.19. The number of rotatable bonds is 6. The summed E-state index contributed by atoms with van der Waals surface area (Å²) in [5.74, 6) is 0. The topological polar surface area (TPSA) is 18.5 Å². The van der Waals surface area contributed by atoms with E-state index in [1.54, 1.807) is 0 Å². The molecule has 0 saturated carbocycles. The van der Waals surface area contributed by atoms with Crippen LogP contribution in [0.25, 0.3) is 12.2 Å². The average molecular weight is 362 g/mol. The first-order valence-corrected chi connectivity index (χ1v) is 9.85. The molecule has 1 aliphatic rings. The molecule has 2 aromatic carbocycles. The summed E-state index contributed by atoms with van der Waals surface area (Å²) in [4.78, 5) is 5.10. The summed E-state index contributed by atoms with van der Waals surface area (Å²) >= 11 is 0. The molecule has 3 nitrogen and oxygen atoms in total. The minimum atomic E-state index is 1.00. The van der Waals surface area contributed by atoms with Crippen molar-refractivity contribution in [1.82, 2.24) is 15.1 Å². The first-order chi connectivity index (χ1) is 13.3. The van der Waals surface area contributed by atoms with Gasteiger partial charge in [-0.3, -0.25) is 9.80 Å². The lowest BCUT2D eigenvalue weighted by Crippen LogP contribution is -2.35. The zero-order valence-electron chi connectivity index (χ0n) is 16.2. The van der Waals surface area contributed by atoms with Gasteiger partial charge >= 0.3 is 0 Å². The van der Waals surface area contributed by atoms with Gasteiger partial charge in [-0.2, -0.15) is 0 Å². The van der Waals surface area contributed by atoms with E-state index >= 15 is 0 Å². The second kappa shape index (κ2) is 10.2. The normalized spacial score (nSPS) is 16.9. The molecule has 1 aliphatic heterocycles. The molecule has 1 N–H and O–H groups in total. The Labute approximate surface area is 164 Å². The highest BCUT2D eigenvalue weighted by atomic mass is 15.2. The molecule has 0 aliphatic carbocycles. The summed E-state index contributed by atoms with van der Waals surface area (Å²) in [7, 11) is 0. The minimum absolute atomic E-state index is 1.00. The van der Waals surface area contributed by atoms with E-state index < -0.39 is 0 Å². The van der Waals surface area contributed by atoms with Crippen LogP contribution in [0.1, 0.15) is 22.3 Å². The predicted octanol–water partition coefficient (Wildman–Crippen LogP) is 3.88. The van der Waals surface area contributed by atoms with Crippen molar-refractivity contribution in [3.63, 3.8) is 0 Å². The van der Waals surface area contributed by atoms with Crippen molar-refractivity contribution < 1.29 is 0 Å². The zero-order valence-corrected chi connectivity index (χ0v) is 16.2. The van der Waals surface area contributed by atoms with Gasteiger partial charge in [0.15, 0.2) is 0 Å². The quantitative estimate of drug-likeness (QED) is 0.842. The lowest BCUT2D eigenvalue weighted by atomic mass is 10.1. The Morgan fingerprint density at radius 1 is 0.667 bits per heavy atom. The molecule has 0 spiro atoms. The van der Waals surface area contributed by atoms with E-state index in [2.05, 4.69) is 76.8 Å². The number of benzene rings is 2. The van der Waals surface area contributed by atoms with E-state index in [9.17, 15) is 0 Å². The largest absolute Gasteiger partial charge is 0.314 e. The highest BCUT2D eigenvalue weighted by Crippen LogP contribution is 2.11. The fourth-order valence-electron chi connectivity index (χ4n) is 3.46. The van der Waals surface area contributed by atoms with Crippen LogP contribution in [0.5, 0.6) is 0 Å². The Bertz CT molecular complexity index is 655. The van der Waals surface area contributed by atoms with Crippen LogP contribution in [0.2, 0.25) is 0 Å². The van der Waals surface area contributed by atoms with Crippen LogP contribution in [0.3, 0.4) is 0 Å². The zero-order chi connectivity index (χ0) is 18.9. The molecule has 0 aromatic heterocycles. The third-order valence-electron chi connectivity index (χ3n) is 5.19. The van der Waals surface area contributed by atoms with Gasteiger partial charge in [-0.15, -0.1) is 0 Å². The standard InChI is InChI=1S/C24H31N3/c1-3-21-5-9-23(10-6-21)19-26-15-13-25-14-16-27(18-17-26)20-24-11-7-22(4-2)8-12-24/h3-12,25H,1-2,13-20H2. The van der Waals surface area contributed by atoms with Crippen molar-refractivity contribution in [3.8, 4) is 0 Å². The van der Waals surface area contributed by atoms with Crippen LogP contribution < -0.4 is 5.32 Å². The first-order valence-electron chi connectivity index (χ1n) is 9.85. The van der Waals surface area contributed by atoms with Crippen LogP contribution in [0.4, 0.5) is 0 Å². The highest BCUT2D eigenvalue weighted by molar-refractivity contribution is 5.47. The Morgan fingerprint density at radius 2 is 1.07 bits per heavy atom. The molecule has 1 saturated heterocycles. The van der Waals surface area contributed by atoms with Gasteiger partial charge in [-0.1, -0.05) is 73.8 Å². The van der Waals surface area contributed by atoms with E-state index in [-0.39, 0.29) is 0 Å². The van der Waals surface area contributed by atoms with Crippen molar-refractivity contribution in [3.05, 3.63) is 83.9 Å². The van der Waals surface area contributed by atoms with Crippen LogP contribution in [-0.4, -0.2) is 49.1 Å². The Hall–Kier alpha value is -2.20. The maximum absolute atomic E-state index is 3.83. The van der Waals surface area contributed by atoms with Gasteiger partial charge in [0.1, 0.15) is 0 Å². The molecule has 3 rings (SSSR count). The van der Waals surface area contributed by atoms with Gasteiger partial charge in [-0.25, -0.2) is 0 Å². The van der Waals surface area contributed by atoms with Gasteiger partial charge in [0.25, 0.3) is 0 Å². The summed E-state index contributed by atoms with van der Waals surface area (Å²) < 4.78 is 0. The van der Waals surface area contributed by atoms with Gasteiger partial charge in [0.2, 0.25) is 0 Å². The highest BCUT2D eigenvalue weighted by Gasteiger charge is 2.13. The van der Waals surface area contributed by atoms with Gasteiger partial charge in [0, 0.05) is 52.4 Å². The molecule has 3 heteroatoms. The maximum Gasteiger partial charge on any atom is 0.0234 e. The lowest BCUT2D eigenvalue weighted by molar-refractivity contribution is 0.209. The number of nitrogens with one attached hydrogen (secondary N) is 1. The Balaban J connectivity index is 1.58. The monoisotopic (exact) mass is 361 g/mol. The van der Waals surface area contributed by atoms with Crippen molar-refractivity contribution in [2.45, 2.75) is 13.1 Å². The van der Waals surface area contributed by atoms with Crippen LogP contribution >= 0.6 is 0 Å². The van der Waals surface area contributed by atoms with Crippen molar-refractivity contribution in [1.29, 1.82) is 0 Å². The van der Waals surface area contributed by atoms with Gasteiger partial charge in [-0.05, 0) is 22.3 Å². The van der Waals surface area contributed by atoms with Crippen LogP contribution in [0.15, 0.2) is 61.7 Å². The molecule has 0 radical (unpaired) electrons. The summed E-state index contributed by atoms with van der Waals surface area (Å²) in [6.07, 6.45) is 3.79. The first kappa shape index (κ1) is 19.6. The van der Waals surface area contributed by atoms with Crippen molar-refractivity contribution >= 4 is 12.2 Å². The SMILES string of the molecule is C=Cc1ccc(CN2CCNCCN(Cc3ccc(C=C)cc3)CC2)cc1. The Kier molecular flexibility index (Phi) is 7.40. The Morgan fingerprint density at radius 3 is 1.44 bits per heavy atom. The number of hydrogen-bond acceptors (Lipinski definition) is 3. The molecule has 1 heterocycles. The molecule has 0 unspecified atom stereocenters. The molecule has 27 heavy (non-hydrogen) atoms. The van der Waals surface area contributed by atoms with Crippen molar-refractivity contribution in [2.75, 3.05) is 39.3 Å². The number of hydrogen-bond donors (Lipinski definition) is 1. The van der Waals surface area contributed by atoms with Crippen LogP contribution in [0, 0.1) is 0 Å². The predicted molar refractivity (Wildman–Crippen MR) is 116 cm³/mol. The maximum atomic E-state index is 3.83. The summed E-state index contributed by atoms with van der Waals surface area (Å²) in [6, 6.07) is 17.5. The fourth-order valence-corrected chi connectivity index (χ4v) is 3.46. The minimum Gasteiger partial charge on any atom is -0.314 e.